The molecule has 4 heteroatoms. The predicted molar refractivity (Wildman–Crippen MR) is 42.2 cm³/mol. The van der Waals surface area contributed by atoms with E-state index in [2.05, 4.69) is 0 Å². The molecule has 0 heterocycles. The average molecular weight is 176 g/mol. The fourth-order valence-electron chi connectivity index (χ4n) is 0.189. The maximum atomic E-state index is 5.32. The molecule has 0 aliphatic heterocycles. The summed E-state index contributed by atoms with van der Waals surface area (Å²) in [5.74, 6) is 1.49. The first-order valence-corrected chi connectivity index (χ1v) is 3.10. The smallest absolute Gasteiger partial charge is 0.127 e. The largest absolute Gasteiger partial charge is 2.00 e. The van der Waals surface area contributed by atoms with Crippen LogP contribution in [0.5, 0.6) is 0 Å². The van der Waals surface area contributed by atoms with Gasteiger partial charge in [-0.05, 0) is 12.8 Å². The van der Waals surface area contributed by atoms with Crippen LogP contribution >= 0.6 is 23.2 Å². The molecule has 0 aliphatic rings. The van der Waals surface area contributed by atoms with E-state index in [9.17, 15) is 0 Å². The van der Waals surface area contributed by atoms with Gasteiger partial charge < -0.3 is 0 Å². The summed E-state index contributed by atoms with van der Waals surface area (Å²) in [5, 5.41) is 0. The Bertz CT molecular complexity index is 24.0. The zero-order chi connectivity index (χ0) is 4.83. The predicted octanol–water partition coefficient (Wildman–Crippen LogP) is 1.48. The van der Waals surface area contributed by atoms with E-state index in [4.69, 9.17) is 23.2 Å². The number of rotatable bonds is 3. The van der Waals surface area contributed by atoms with Gasteiger partial charge in [-0.25, -0.2) is 0 Å². The molecule has 0 saturated carbocycles. The third-order valence-corrected chi connectivity index (χ3v) is 1.05. The Kier molecular flexibility index (Phi) is 33.3. The van der Waals surface area contributed by atoms with E-state index in [1.807, 2.05) is 0 Å². The number of halogens is 2. The van der Waals surface area contributed by atoms with E-state index >= 15 is 0 Å². The van der Waals surface area contributed by atoms with E-state index in [1.165, 1.54) is 0 Å². The molecule has 38 valence electrons. The summed E-state index contributed by atoms with van der Waals surface area (Å²) < 4.78 is 0. The van der Waals surface area contributed by atoms with Crippen LogP contribution in [-0.2, 0) is 0 Å². The third-order valence-electron chi connectivity index (χ3n) is 0.517. The first-order chi connectivity index (χ1) is 2.91. The second-order valence-electron chi connectivity index (χ2n) is 1.09. The maximum Gasteiger partial charge on any atom is 2.00 e. The Morgan fingerprint density at radius 3 is 1.12 bits per heavy atom. The third kappa shape index (κ3) is 15.7. The van der Waals surface area contributed by atoms with Crippen molar-refractivity contribution in [2.75, 3.05) is 11.8 Å². The van der Waals surface area contributed by atoms with Gasteiger partial charge >= 0.3 is 46.1 Å². The number of alkyl halides is 2. The summed E-state index contributed by atoms with van der Waals surface area (Å²) in [6, 6.07) is 0. The minimum atomic E-state index is 0. The van der Waals surface area contributed by atoms with Gasteiger partial charge in [-0.15, -0.1) is 23.2 Å². The summed E-state index contributed by atoms with van der Waals surface area (Å²) in [5.41, 5.74) is 0. The summed E-state index contributed by atoms with van der Waals surface area (Å²) in [6.07, 6.45) is 2.09. The molecule has 0 aromatic rings. The van der Waals surface area contributed by atoms with Gasteiger partial charge in [0.05, 0.1) is 0 Å². The molecule has 8 heavy (non-hydrogen) atoms. The Morgan fingerprint density at radius 1 is 0.750 bits per heavy atom. The van der Waals surface area contributed by atoms with Gasteiger partial charge in [-0.3, -0.25) is 0 Å². The second kappa shape index (κ2) is 16.1. The fourth-order valence-corrected chi connectivity index (χ4v) is 0.567. The van der Waals surface area contributed by atoms with Crippen LogP contribution in [0.2, 0.25) is 0 Å². The zero-order valence-corrected chi connectivity index (χ0v) is 9.34. The van der Waals surface area contributed by atoms with Gasteiger partial charge in [0, 0.05) is 11.8 Å². The van der Waals surface area contributed by atoms with Crippen molar-refractivity contribution in [3.8, 4) is 0 Å². The molecular formula is C4H8Cl2Mg2+4. The van der Waals surface area contributed by atoms with E-state index in [1.54, 1.807) is 0 Å². The monoisotopic (exact) mass is 174 g/mol. The molecule has 0 unspecified atom stereocenters. The van der Waals surface area contributed by atoms with Crippen LogP contribution in [0, 0.1) is 0 Å². The van der Waals surface area contributed by atoms with E-state index in [0.717, 1.165) is 24.6 Å². The molecule has 0 bridgehead atoms. The van der Waals surface area contributed by atoms with Crippen LogP contribution in [0.3, 0.4) is 0 Å². The van der Waals surface area contributed by atoms with Crippen LogP contribution in [0.15, 0.2) is 0 Å². The summed E-state index contributed by atoms with van der Waals surface area (Å²) in [6.45, 7) is 0. The number of unbranched alkanes of at least 4 members (excludes halogenated alkanes) is 1. The molecule has 0 rings (SSSR count). The van der Waals surface area contributed by atoms with Gasteiger partial charge in [-0.1, -0.05) is 0 Å². The van der Waals surface area contributed by atoms with Crippen LogP contribution in [0.4, 0.5) is 0 Å². The van der Waals surface area contributed by atoms with Gasteiger partial charge in [0.15, 0.2) is 0 Å². The Labute approximate surface area is 93.0 Å². The van der Waals surface area contributed by atoms with Crippen molar-refractivity contribution in [2.45, 2.75) is 12.8 Å². The van der Waals surface area contributed by atoms with Crippen molar-refractivity contribution >= 4 is 69.3 Å². The first-order valence-electron chi connectivity index (χ1n) is 2.03. The van der Waals surface area contributed by atoms with Crippen molar-refractivity contribution < 1.29 is 0 Å². The van der Waals surface area contributed by atoms with Crippen LogP contribution in [-0.4, -0.2) is 57.9 Å². The Hall–Kier alpha value is 2.11. The molecule has 0 amide bonds. The quantitative estimate of drug-likeness (QED) is 0.346. The van der Waals surface area contributed by atoms with Gasteiger partial charge in [0.1, 0.15) is 0 Å². The SMILES string of the molecule is ClCCCCCl.[Mg+2].[Mg+2]. The van der Waals surface area contributed by atoms with Crippen molar-refractivity contribution in [1.82, 2.24) is 0 Å². The summed E-state index contributed by atoms with van der Waals surface area (Å²) >= 11 is 10.6. The Morgan fingerprint density at radius 2 is 1.00 bits per heavy atom. The molecule has 0 spiro atoms. The van der Waals surface area contributed by atoms with E-state index < -0.39 is 0 Å². The van der Waals surface area contributed by atoms with Gasteiger partial charge in [-0.2, -0.15) is 0 Å². The maximum absolute atomic E-state index is 5.32. The van der Waals surface area contributed by atoms with Crippen molar-refractivity contribution in [1.29, 1.82) is 0 Å². The van der Waals surface area contributed by atoms with Crippen LogP contribution in [0.25, 0.3) is 0 Å². The number of hydrogen-bond acceptors (Lipinski definition) is 0. The fraction of sp³-hybridized carbons (Fsp3) is 1.00. The van der Waals surface area contributed by atoms with Crippen molar-refractivity contribution in [3.63, 3.8) is 0 Å². The zero-order valence-electron chi connectivity index (χ0n) is 5.00. The molecule has 0 nitrogen and oxygen atoms in total. The minimum absolute atomic E-state index is 0. The molecule has 0 fully saturated rings. The van der Waals surface area contributed by atoms with Crippen LogP contribution < -0.4 is 0 Å². The summed E-state index contributed by atoms with van der Waals surface area (Å²) in [4.78, 5) is 0. The normalized spacial score (nSPS) is 6.75. The standard InChI is InChI=1S/C4H8Cl2.2Mg/c5-3-1-2-4-6;;/h1-4H2;;/q;2*+2. The van der Waals surface area contributed by atoms with E-state index in [-0.39, 0.29) is 46.1 Å². The average Bonchev–Trinajstić information content (AvgIpc) is 1.61. The van der Waals surface area contributed by atoms with Crippen LogP contribution in [0.1, 0.15) is 12.8 Å². The molecule has 0 aromatic carbocycles. The van der Waals surface area contributed by atoms with Crippen molar-refractivity contribution in [2.24, 2.45) is 0 Å². The molecule has 0 radical (unpaired) electrons. The summed E-state index contributed by atoms with van der Waals surface area (Å²) in [7, 11) is 0. The topological polar surface area (TPSA) is 0 Å². The molecule has 0 N–H and O–H groups in total. The Balaban J connectivity index is -0.000000125. The molecule has 0 aliphatic carbocycles. The number of hydrogen-bond donors (Lipinski definition) is 0. The molecule has 0 saturated heterocycles. The van der Waals surface area contributed by atoms with Gasteiger partial charge in [0.2, 0.25) is 0 Å². The minimum Gasteiger partial charge on any atom is -0.127 e. The van der Waals surface area contributed by atoms with E-state index in [0.29, 0.717) is 0 Å². The molecule has 0 atom stereocenters. The molecule has 0 aromatic heterocycles. The van der Waals surface area contributed by atoms with Crippen molar-refractivity contribution in [3.05, 3.63) is 0 Å². The molecular weight excluding hydrogens is 168 g/mol. The van der Waals surface area contributed by atoms with Gasteiger partial charge in [0.25, 0.3) is 0 Å². The second-order valence-corrected chi connectivity index (χ2v) is 1.84. The first kappa shape index (κ1) is 16.6.